The Labute approximate surface area is 96.9 Å². The maximum absolute atomic E-state index is 9.91. The second-order valence-corrected chi connectivity index (χ2v) is 4.82. The number of nitrogens with zero attached hydrogens (tertiary/aromatic N) is 1. The number of aliphatic hydroxyl groups is 1. The molecule has 0 unspecified atom stereocenters. The molecule has 1 fully saturated rings. The van der Waals surface area contributed by atoms with Gasteiger partial charge in [0.05, 0.1) is 5.60 Å². The molecule has 1 saturated heterocycles. The standard InChI is InChI=1S/C13H20N2O/c1-13(16)6-8-15(9-7-13)12-5-3-2-4-11(12)10-14/h2-5,16H,6-10,14H2,1H3. The number of hydrogen-bond acceptors (Lipinski definition) is 3. The van der Waals surface area contributed by atoms with Gasteiger partial charge in [0, 0.05) is 25.3 Å². The molecule has 1 aromatic rings. The lowest BCUT2D eigenvalue weighted by Crippen LogP contribution is -2.42. The van der Waals surface area contributed by atoms with E-state index in [4.69, 9.17) is 5.73 Å². The van der Waals surface area contributed by atoms with Gasteiger partial charge in [0.25, 0.3) is 0 Å². The number of nitrogens with two attached hydrogens (primary N) is 1. The van der Waals surface area contributed by atoms with Gasteiger partial charge in [-0.15, -0.1) is 0 Å². The number of hydrogen-bond donors (Lipinski definition) is 2. The molecule has 1 heterocycles. The molecule has 0 aliphatic carbocycles. The number of rotatable bonds is 2. The smallest absolute Gasteiger partial charge is 0.0653 e. The van der Waals surface area contributed by atoms with Crippen LogP contribution in [0.2, 0.25) is 0 Å². The first-order valence-corrected chi connectivity index (χ1v) is 5.88. The Morgan fingerprint density at radius 1 is 1.31 bits per heavy atom. The van der Waals surface area contributed by atoms with Crippen molar-refractivity contribution in [2.75, 3.05) is 18.0 Å². The Balaban J connectivity index is 2.14. The summed E-state index contributed by atoms with van der Waals surface area (Å²) in [6.45, 7) is 4.30. The predicted octanol–water partition coefficient (Wildman–Crippen LogP) is 1.50. The molecule has 2 rings (SSSR count). The number of piperidine rings is 1. The average molecular weight is 220 g/mol. The molecule has 3 heteroatoms. The first-order chi connectivity index (χ1) is 7.62. The summed E-state index contributed by atoms with van der Waals surface area (Å²) in [5.74, 6) is 0. The summed E-state index contributed by atoms with van der Waals surface area (Å²) in [6, 6.07) is 8.25. The van der Waals surface area contributed by atoms with Gasteiger partial charge in [-0.25, -0.2) is 0 Å². The molecule has 1 aromatic carbocycles. The molecule has 0 saturated carbocycles. The summed E-state index contributed by atoms with van der Waals surface area (Å²) in [7, 11) is 0. The van der Waals surface area contributed by atoms with Gasteiger partial charge in [0.15, 0.2) is 0 Å². The van der Waals surface area contributed by atoms with Gasteiger partial charge in [-0.1, -0.05) is 18.2 Å². The van der Waals surface area contributed by atoms with Gasteiger partial charge in [0.1, 0.15) is 0 Å². The number of para-hydroxylation sites is 1. The molecular weight excluding hydrogens is 200 g/mol. The Morgan fingerprint density at radius 3 is 2.56 bits per heavy atom. The van der Waals surface area contributed by atoms with E-state index in [0.717, 1.165) is 25.9 Å². The van der Waals surface area contributed by atoms with Crippen molar-refractivity contribution in [3.8, 4) is 0 Å². The molecule has 3 nitrogen and oxygen atoms in total. The molecule has 0 aromatic heterocycles. The van der Waals surface area contributed by atoms with Crippen LogP contribution in [0.4, 0.5) is 5.69 Å². The zero-order valence-electron chi connectivity index (χ0n) is 9.82. The maximum atomic E-state index is 9.91. The number of benzene rings is 1. The molecule has 16 heavy (non-hydrogen) atoms. The van der Waals surface area contributed by atoms with Crippen molar-refractivity contribution in [1.29, 1.82) is 0 Å². The Kier molecular flexibility index (Phi) is 3.17. The quantitative estimate of drug-likeness (QED) is 0.794. The minimum atomic E-state index is -0.492. The molecule has 88 valence electrons. The van der Waals surface area contributed by atoms with Crippen LogP contribution in [0.3, 0.4) is 0 Å². The third-order valence-electron chi connectivity index (χ3n) is 3.39. The van der Waals surface area contributed by atoms with Gasteiger partial charge >= 0.3 is 0 Å². The first kappa shape index (κ1) is 11.4. The molecule has 0 atom stereocenters. The fraction of sp³-hybridized carbons (Fsp3) is 0.538. The monoisotopic (exact) mass is 220 g/mol. The van der Waals surface area contributed by atoms with Crippen molar-refractivity contribution in [2.45, 2.75) is 31.9 Å². The third kappa shape index (κ3) is 2.36. The van der Waals surface area contributed by atoms with Gasteiger partial charge in [0.2, 0.25) is 0 Å². The lowest BCUT2D eigenvalue weighted by Gasteiger charge is -2.37. The van der Waals surface area contributed by atoms with Crippen LogP contribution < -0.4 is 10.6 Å². The van der Waals surface area contributed by atoms with Gasteiger partial charge < -0.3 is 15.7 Å². The summed E-state index contributed by atoms with van der Waals surface area (Å²) in [4.78, 5) is 2.32. The topological polar surface area (TPSA) is 49.5 Å². The molecule has 0 spiro atoms. The molecule has 1 aliphatic heterocycles. The summed E-state index contributed by atoms with van der Waals surface area (Å²) in [5.41, 5.74) is 7.65. The highest BCUT2D eigenvalue weighted by atomic mass is 16.3. The van der Waals surface area contributed by atoms with E-state index in [-0.39, 0.29) is 0 Å². The van der Waals surface area contributed by atoms with E-state index < -0.39 is 5.60 Å². The van der Waals surface area contributed by atoms with E-state index in [1.54, 1.807) is 0 Å². The van der Waals surface area contributed by atoms with Crippen LogP contribution in [-0.4, -0.2) is 23.8 Å². The second-order valence-electron chi connectivity index (χ2n) is 4.82. The minimum Gasteiger partial charge on any atom is -0.390 e. The van der Waals surface area contributed by atoms with Crippen LogP contribution in [0.15, 0.2) is 24.3 Å². The Bertz CT molecular complexity index is 353. The van der Waals surface area contributed by atoms with Gasteiger partial charge in [-0.05, 0) is 31.4 Å². The van der Waals surface area contributed by atoms with Crippen molar-refractivity contribution in [3.63, 3.8) is 0 Å². The third-order valence-corrected chi connectivity index (χ3v) is 3.39. The molecular formula is C13H20N2O. The minimum absolute atomic E-state index is 0.492. The Morgan fingerprint density at radius 2 is 1.94 bits per heavy atom. The fourth-order valence-corrected chi connectivity index (χ4v) is 2.22. The van der Waals surface area contributed by atoms with Crippen molar-refractivity contribution < 1.29 is 5.11 Å². The predicted molar refractivity (Wildman–Crippen MR) is 66.4 cm³/mol. The van der Waals surface area contributed by atoms with Gasteiger partial charge in [-0.2, -0.15) is 0 Å². The zero-order chi connectivity index (χ0) is 11.6. The number of anilines is 1. The normalized spacial score (nSPS) is 19.8. The second kappa shape index (κ2) is 4.44. The van der Waals surface area contributed by atoms with Crippen molar-refractivity contribution >= 4 is 5.69 Å². The highest BCUT2D eigenvalue weighted by Gasteiger charge is 2.27. The van der Waals surface area contributed by atoms with E-state index in [0.29, 0.717) is 6.54 Å². The zero-order valence-corrected chi connectivity index (χ0v) is 9.82. The maximum Gasteiger partial charge on any atom is 0.0653 e. The molecule has 0 bridgehead atoms. The van der Waals surface area contributed by atoms with E-state index in [1.807, 2.05) is 19.1 Å². The van der Waals surface area contributed by atoms with E-state index >= 15 is 0 Å². The van der Waals surface area contributed by atoms with E-state index in [1.165, 1.54) is 11.3 Å². The molecule has 3 N–H and O–H groups in total. The lowest BCUT2D eigenvalue weighted by molar-refractivity contribution is 0.0351. The van der Waals surface area contributed by atoms with Crippen molar-refractivity contribution in [1.82, 2.24) is 0 Å². The molecule has 0 radical (unpaired) electrons. The average Bonchev–Trinajstić information content (AvgIpc) is 2.29. The van der Waals surface area contributed by atoms with Crippen LogP contribution >= 0.6 is 0 Å². The highest BCUT2D eigenvalue weighted by Crippen LogP contribution is 2.27. The van der Waals surface area contributed by atoms with Crippen LogP contribution in [0, 0.1) is 0 Å². The van der Waals surface area contributed by atoms with Crippen molar-refractivity contribution in [2.24, 2.45) is 5.73 Å². The van der Waals surface area contributed by atoms with Crippen LogP contribution in [0.5, 0.6) is 0 Å². The Hall–Kier alpha value is -1.06. The molecule has 0 amide bonds. The van der Waals surface area contributed by atoms with Crippen LogP contribution in [-0.2, 0) is 6.54 Å². The van der Waals surface area contributed by atoms with E-state index in [2.05, 4.69) is 17.0 Å². The first-order valence-electron chi connectivity index (χ1n) is 5.88. The van der Waals surface area contributed by atoms with Crippen molar-refractivity contribution in [3.05, 3.63) is 29.8 Å². The lowest BCUT2D eigenvalue weighted by atomic mass is 9.93. The summed E-state index contributed by atoms with van der Waals surface area (Å²) in [5, 5.41) is 9.91. The molecule has 1 aliphatic rings. The summed E-state index contributed by atoms with van der Waals surface area (Å²) in [6.07, 6.45) is 1.65. The van der Waals surface area contributed by atoms with Gasteiger partial charge in [-0.3, -0.25) is 0 Å². The van der Waals surface area contributed by atoms with E-state index in [9.17, 15) is 5.11 Å². The van der Waals surface area contributed by atoms with Crippen LogP contribution in [0.25, 0.3) is 0 Å². The van der Waals surface area contributed by atoms with Crippen LogP contribution in [0.1, 0.15) is 25.3 Å². The largest absolute Gasteiger partial charge is 0.390 e. The highest BCUT2D eigenvalue weighted by molar-refractivity contribution is 5.54. The summed E-state index contributed by atoms with van der Waals surface area (Å²) < 4.78 is 0. The SMILES string of the molecule is CC1(O)CCN(c2ccccc2CN)CC1. The fourth-order valence-electron chi connectivity index (χ4n) is 2.22. The summed E-state index contributed by atoms with van der Waals surface area (Å²) >= 11 is 0.